The Balaban J connectivity index is 2.36. The molecule has 0 aliphatic heterocycles. The summed E-state index contributed by atoms with van der Waals surface area (Å²) in [6, 6.07) is 10.2. The Hall–Kier alpha value is -0.960. The Morgan fingerprint density at radius 3 is 2.69 bits per heavy atom. The lowest BCUT2D eigenvalue weighted by atomic mass is 10.2. The van der Waals surface area contributed by atoms with E-state index in [9.17, 15) is 0 Å². The summed E-state index contributed by atoms with van der Waals surface area (Å²) in [7, 11) is 1.63. The SMILES string of the molecule is COC(C)=NSCc1ccccc1. The van der Waals surface area contributed by atoms with Crippen LogP contribution < -0.4 is 0 Å². The zero-order chi connectivity index (χ0) is 9.52. The lowest BCUT2D eigenvalue weighted by Gasteiger charge is -1.98. The molecule has 70 valence electrons. The van der Waals surface area contributed by atoms with Gasteiger partial charge in [-0.15, -0.1) is 0 Å². The fraction of sp³-hybridized carbons (Fsp3) is 0.300. The van der Waals surface area contributed by atoms with Gasteiger partial charge in [-0.05, 0) is 17.5 Å². The second kappa shape index (κ2) is 5.65. The zero-order valence-corrected chi connectivity index (χ0v) is 8.67. The molecule has 0 aliphatic rings. The first kappa shape index (κ1) is 10.1. The van der Waals surface area contributed by atoms with Gasteiger partial charge in [0.1, 0.15) is 0 Å². The molecule has 0 N–H and O–H groups in total. The van der Waals surface area contributed by atoms with Crippen molar-refractivity contribution in [1.29, 1.82) is 0 Å². The van der Waals surface area contributed by atoms with Gasteiger partial charge in [0, 0.05) is 12.7 Å². The van der Waals surface area contributed by atoms with Gasteiger partial charge in [-0.25, -0.2) is 0 Å². The highest BCUT2D eigenvalue weighted by atomic mass is 32.2. The molecule has 0 spiro atoms. The molecule has 0 saturated heterocycles. The molecule has 2 nitrogen and oxygen atoms in total. The lowest BCUT2D eigenvalue weighted by molar-refractivity contribution is 0.401. The summed E-state index contributed by atoms with van der Waals surface area (Å²) in [5.74, 6) is 1.60. The predicted octanol–water partition coefficient (Wildman–Crippen LogP) is 2.90. The first-order valence-corrected chi connectivity index (χ1v) is 5.01. The zero-order valence-electron chi connectivity index (χ0n) is 7.86. The van der Waals surface area contributed by atoms with E-state index in [1.54, 1.807) is 7.11 Å². The van der Waals surface area contributed by atoms with Crippen LogP contribution in [0.1, 0.15) is 12.5 Å². The largest absolute Gasteiger partial charge is 0.484 e. The fourth-order valence-corrected chi connectivity index (χ4v) is 1.47. The standard InChI is InChI=1S/C10H13NOS/c1-9(12-2)11-13-8-10-6-4-3-5-7-10/h3-7H,8H2,1-2H3. The van der Waals surface area contributed by atoms with Gasteiger partial charge in [0.15, 0.2) is 5.90 Å². The Bertz CT molecular complexity index is 272. The minimum absolute atomic E-state index is 0.709. The molecule has 0 unspecified atom stereocenters. The molecule has 0 radical (unpaired) electrons. The number of benzene rings is 1. The number of hydrogen-bond donors (Lipinski definition) is 0. The van der Waals surface area contributed by atoms with Crippen molar-refractivity contribution >= 4 is 17.8 Å². The summed E-state index contributed by atoms with van der Waals surface area (Å²) >= 11 is 1.50. The van der Waals surface area contributed by atoms with Gasteiger partial charge in [-0.2, -0.15) is 4.40 Å². The molecule has 3 heteroatoms. The highest BCUT2D eigenvalue weighted by molar-refractivity contribution is 7.97. The van der Waals surface area contributed by atoms with E-state index in [1.807, 2.05) is 25.1 Å². The summed E-state index contributed by atoms with van der Waals surface area (Å²) in [5, 5.41) is 0. The quantitative estimate of drug-likeness (QED) is 0.420. The molecule has 1 aromatic rings. The first-order valence-electron chi connectivity index (χ1n) is 4.07. The molecule has 0 amide bonds. The maximum atomic E-state index is 4.92. The summed E-state index contributed by atoms with van der Waals surface area (Å²) < 4.78 is 9.07. The number of methoxy groups -OCH3 is 1. The van der Waals surface area contributed by atoms with Gasteiger partial charge in [-0.1, -0.05) is 30.3 Å². The highest BCUT2D eigenvalue weighted by Crippen LogP contribution is 2.12. The van der Waals surface area contributed by atoms with Gasteiger partial charge in [0.2, 0.25) is 0 Å². The van der Waals surface area contributed by atoms with Gasteiger partial charge >= 0.3 is 0 Å². The summed E-state index contributed by atoms with van der Waals surface area (Å²) in [6.07, 6.45) is 0. The van der Waals surface area contributed by atoms with E-state index < -0.39 is 0 Å². The lowest BCUT2D eigenvalue weighted by Crippen LogP contribution is -1.91. The summed E-state index contributed by atoms with van der Waals surface area (Å²) in [5.41, 5.74) is 1.28. The van der Waals surface area contributed by atoms with E-state index in [1.165, 1.54) is 17.5 Å². The predicted molar refractivity (Wildman–Crippen MR) is 57.9 cm³/mol. The van der Waals surface area contributed by atoms with Gasteiger partial charge in [-0.3, -0.25) is 0 Å². The monoisotopic (exact) mass is 195 g/mol. The van der Waals surface area contributed by atoms with Crippen LogP contribution >= 0.6 is 11.9 Å². The van der Waals surface area contributed by atoms with E-state index >= 15 is 0 Å². The normalized spacial score (nSPS) is 11.4. The molecule has 0 aliphatic carbocycles. The third kappa shape index (κ3) is 3.99. The van der Waals surface area contributed by atoms with Crippen molar-refractivity contribution in [3.63, 3.8) is 0 Å². The van der Waals surface area contributed by atoms with Crippen LogP contribution in [0.15, 0.2) is 34.7 Å². The van der Waals surface area contributed by atoms with Crippen molar-refractivity contribution in [3.05, 3.63) is 35.9 Å². The number of hydrogen-bond acceptors (Lipinski definition) is 3. The number of nitrogens with zero attached hydrogens (tertiary/aromatic N) is 1. The number of rotatable bonds is 3. The molecule has 13 heavy (non-hydrogen) atoms. The van der Waals surface area contributed by atoms with E-state index in [0.717, 1.165) is 5.75 Å². The van der Waals surface area contributed by atoms with Gasteiger partial charge in [0.05, 0.1) is 7.11 Å². The second-order valence-electron chi connectivity index (χ2n) is 2.57. The Kier molecular flexibility index (Phi) is 4.40. The third-order valence-electron chi connectivity index (χ3n) is 1.56. The van der Waals surface area contributed by atoms with Crippen molar-refractivity contribution in [2.45, 2.75) is 12.7 Å². The maximum absolute atomic E-state index is 4.92. The van der Waals surface area contributed by atoms with E-state index in [2.05, 4.69) is 16.5 Å². The molecule has 0 aromatic heterocycles. The molecule has 0 saturated carbocycles. The van der Waals surface area contributed by atoms with Crippen LogP contribution in [0.25, 0.3) is 0 Å². The third-order valence-corrected chi connectivity index (χ3v) is 2.41. The maximum Gasteiger partial charge on any atom is 0.191 e. The van der Waals surface area contributed by atoms with Crippen LogP contribution in [0.2, 0.25) is 0 Å². The summed E-state index contributed by atoms with van der Waals surface area (Å²) in [4.78, 5) is 0. The topological polar surface area (TPSA) is 21.6 Å². The average Bonchev–Trinajstić information content (AvgIpc) is 2.19. The molecule has 1 rings (SSSR count). The Morgan fingerprint density at radius 1 is 1.38 bits per heavy atom. The molecule has 0 heterocycles. The Labute approximate surface area is 83.2 Å². The Morgan fingerprint density at radius 2 is 2.08 bits per heavy atom. The first-order chi connectivity index (χ1) is 6.33. The van der Waals surface area contributed by atoms with Gasteiger partial charge < -0.3 is 4.74 Å². The second-order valence-corrected chi connectivity index (χ2v) is 3.30. The smallest absolute Gasteiger partial charge is 0.191 e. The van der Waals surface area contributed by atoms with Crippen LogP contribution in [0.3, 0.4) is 0 Å². The van der Waals surface area contributed by atoms with Crippen molar-refractivity contribution in [2.24, 2.45) is 4.40 Å². The molecular weight excluding hydrogens is 182 g/mol. The molecular formula is C10H13NOS. The summed E-state index contributed by atoms with van der Waals surface area (Å²) in [6.45, 7) is 1.85. The molecule has 0 bridgehead atoms. The van der Waals surface area contributed by atoms with E-state index in [0.29, 0.717) is 5.90 Å². The number of ether oxygens (including phenoxy) is 1. The van der Waals surface area contributed by atoms with Crippen molar-refractivity contribution in [1.82, 2.24) is 0 Å². The van der Waals surface area contributed by atoms with Gasteiger partial charge in [0.25, 0.3) is 0 Å². The highest BCUT2D eigenvalue weighted by Gasteiger charge is 1.91. The molecule has 1 aromatic carbocycles. The van der Waals surface area contributed by atoms with E-state index in [-0.39, 0.29) is 0 Å². The van der Waals surface area contributed by atoms with Crippen LogP contribution in [0.4, 0.5) is 0 Å². The minimum Gasteiger partial charge on any atom is -0.484 e. The van der Waals surface area contributed by atoms with E-state index in [4.69, 9.17) is 4.74 Å². The van der Waals surface area contributed by atoms with Crippen LogP contribution in [-0.4, -0.2) is 13.0 Å². The molecule has 0 atom stereocenters. The molecule has 0 fully saturated rings. The van der Waals surface area contributed by atoms with Crippen molar-refractivity contribution in [3.8, 4) is 0 Å². The van der Waals surface area contributed by atoms with Crippen LogP contribution in [-0.2, 0) is 10.5 Å². The van der Waals surface area contributed by atoms with Crippen LogP contribution in [0, 0.1) is 0 Å². The van der Waals surface area contributed by atoms with Crippen LogP contribution in [0.5, 0.6) is 0 Å². The van der Waals surface area contributed by atoms with Crippen molar-refractivity contribution in [2.75, 3.05) is 7.11 Å². The van der Waals surface area contributed by atoms with Crippen molar-refractivity contribution < 1.29 is 4.74 Å². The average molecular weight is 195 g/mol. The fourth-order valence-electron chi connectivity index (χ4n) is 0.809. The minimum atomic E-state index is 0.709.